The van der Waals surface area contributed by atoms with E-state index in [1.807, 2.05) is 0 Å². The number of anilines is 1. The summed E-state index contributed by atoms with van der Waals surface area (Å²) in [5.74, 6) is -0.704. The van der Waals surface area contributed by atoms with E-state index in [0.717, 1.165) is 0 Å². The summed E-state index contributed by atoms with van der Waals surface area (Å²) < 4.78 is 27.7. The van der Waals surface area contributed by atoms with Gasteiger partial charge in [0, 0.05) is 13.6 Å². The lowest BCUT2D eigenvalue weighted by molar-refractivity contribution is -0.139. The first-order valence-corrected chi connectivity index (χ1v) is 7.44. The Morgan fingerprint density at radius 1 is 1.50 bits per heavy atom. The first-order chi connectivity index (χ1) is 9.32. The van der Waals surface area contributed by atoms with Gasteiger partial charge in [0.25, 0.3) is 0 Å². The van der Waals surface area contributed by atoms with Crippen LogP contribution in [0.15, 0.2) is 12.1 Å². The van der Waals surface area contributed by atoms with Gasteiger partial charge >= 0.3 is 5.97 Å². The monoisotopic (exact) mass is 323 g/mol. The van der Waals surface area contributed by atoms with E-state index in [0.29, 0.717) is 18.9 Å². The molecule has 0 saturated carbocycles. The van der Waals surface area contributed by atoms with Gasteiger partial charge in [-0.25, -0.2) is 14.1 Å². The SMILES string of the molecule is CN1CCN(c2ccc(OCC(=O)O)c(Cl)n2)S1(O)O. The Morgan fingerprint density at radius 3 is 2.70 bits per heavy atom. The maximum absolute atomic E-state index is 10.4. The molecule has 112 valence electrons. The van der Waals surface area contributed by atoms with Gasteiger partial charge in [-0.1, -0.05) is 11.6 Å². The molecule has 1 fully saturated rings. The van der Waals surface area contributed by atoms with Crippen LogP contribution in [0.25, 0.3) is 0 Å². The number of ether oxygens (including phenoxy) is 1. The third-order valence-corrected chi connectivity index (χ3v) is 4.99. The Morgan fingerprint density at radius 2 is 2.20 bits per heavy atom. The van der Waals surface area contributed by atoms with E-state index in [9.17, 15) is 13.9 Å². The minimum Gasteiger partial charge on any atom is -0.479 e. The fourth-order valence-electron chi connectivity index (χ4n) is 1.68. The Bertz CT molecular complexity index is 530. The number of nitrogens with zero attached hydrogens (tertiary/aromatic N) is 3. The van der Waals surface area contributed by atoms with Crippen LogP contribution >= 0.6 is 22.6 Å². The van der Waals surface area contributed by atoms with Crippen LogP contribution in [0.5, 0.6) is 5.75 Å². The third kappa shape index (κ3) is 2.91. The van der Waals surface area contributed by atoms with Crippen molar-refractivity contribution in [1.82, 2.24) is 9.29 Å². The molecule has 20 heavy (non-hydrogen) atoms. The van der Waals surface area contributed by atoms with Crippen molar-refractivity contribution in [3.63, 3.8) is 0 Å². The number of hydrogen-bond acceptors (Lipinski definition) is 7. The average Bonchev–Trinajstić information content (AvgIpc) is 2.62. The topological polar surface area (TPSA) is 106 Å². The lowest BCUT2D eigenvalue weighted by atomic mass is 10.4. The highest BCUT2D eigenvalue weighted by atomic mass is 35.5. The fraction of sp³-hybridized carbons (Fsp3) is 0.400. The number of carbonyl (C=O) groups is 1. The maximum Gasteiger partial charge on any atom is 0.341 e. The molecule has 0 amide bonds. The molecule has 0 spiro atoms. The molecule has 0 aliphatic carbocycles. The normalized spacial score (nSPS) is 19.9. The zero-order chi connectivity index (χ0) is 14.9. The Labute approximate surface area is 122 Å². The second-order valence-electron chi connectivity index (χ2n) is 4.08. The van der Waals surface area contributed by atoms with Gasteiger partial charge in [-0.15, -0.1) is 0 Å². The molecular weight excluding hydrogens is 310 g/mol. The van der Waals surface area contributed by atoms with Gasteiger partial charge < -0.3 is 9.84 Å². The molecule has 1 aromatic rings. The summed E-state index contributed by atoms with van der Waals surface area (Å²) in [5, 5.41) is 8.49. The van der Waals surface area contributed by atoms with Crippen molar-refractivity contribution in [2.24, 2.45) is 0 Å². The predicted molar refractivity (Wildman–Crippen MR) is 75.2 cm³/mol. The molecule has 1 aliphatic heterocycles. The zero-order valence-electron chi connectivity index (χ0n) is 10.6. The van der Waals surface area contributed by atoms with E-state index < -0.39 is 23.5 Å². The summed E-state index contributed by atoms with van der Waals surface area (Å²) in [6, 6.07) is 2.94. The van der Waals surface area contributed by atoms with E-state index in [-0.39, 0.29) is 10.9 Å². The highest BCUT2D eigenvalue weighted by Crippen LogP contribution is 2.51. The molecular formula is C10H14ClN3O5S. The van der Waals surface area contributed by atoms with Crippen LogP contribution in [0, 0.1) is 0 Å². The number of aromatic nitrogens is 1. The van der Waals surface area contributed by atoms with E-state index in [4.69, 9.17) is 21.4 Å². The molecule has 0 atom stereocenters. The first kappa shape index (κ1) is 15.1. The Kier molecular flexibility index (Phi) is 4.25. The molecule has 0 bridgehead atoms. The molecule has 10 heteroatoms. The number of carboxylic acids is 1. The van der Waals surface area contributed by atoms with Gasteiger partial charge in [0.2, 0.25) is 0 Å². The summed E-state index contributed by atoms with van der Waals surface area (Å²) in [5.41, 5.74) is 0. The van der Waals surface area contributed by atoms with Crippen LogP contribution in [-0.4, -0.2) is 56.2 Å². The summed E-state index contributed by atoms with van der Waals surface area (Å²) in [7, 11) is -1.47. The van der Waals surface area contributed by atoms with Crippen molar-refractivity contribution < 1.29 is 23.7 Å². The van der Waals surface area contributed by atoms with Crippen LogP contribution in [0.1, 0.15) is 0 Å². The predicted octanol–water partition coefficient (Wildman–Crippen LogP) is 1.53. The molecule has 2 heterocycles. The number of pyridine rings is 1. The Balaban J connectivity index is 2.19. The van der Waals surface area contributed by atoms with Gasteiger partial charge in [-0.2, -0.15) is 4.31 Å². The fourth-order valence-corrected chi connectivity index (χ4v) is 3.23. The molecule has 0 unspecified atom stereocenters. The van der Waals surface area contributed by atoms with Crippen molar-refractivity contribution >= 4 is 34.4 Å². The lowest BCUT2D eigenvalue weighted by Gasteiger charge is -2.40. The molecule has 1 aromatic heterocycles. The van der Waals surface area contributed by atoms with E-state index in [2.05, 4.69) is 4.98 Å². The number of likely N-dealkylation sites (N-methyl/N-ethyl adjacent to an activating group) is 1. The summed E-state index contributed by atoms with van der Waals surface area (Å²) in [6.45, 7) is 0.360. The van der Waals surface area contributed by atoms with Crippen LogP contribution in [-0.2, 0) is 4.79 Å². The second-order valence-corrected chi connectivity index (χ2v) is 6.49. The first-order valence-electron chi connectivity index (χ1n) is 5.60. The van der Waals surface area contributed by atoms with Gasteiger partial charge in [0.1, 0.15) is 5.82 Å². The third-order valence-electron chi connectivity index (χ3n) is 2.74. The van der Waals surface area contributed by atoms with Crippen LogP contribution < -0.4 is 9.04 Å². The van der Waals surface area contributed by atoms with Crippen molar-refractivity contribution in [3.05, 3.63) is 17.3 Å². The quantitative estimate of drug-likeness (QED) is 0.716. The highest BCUT2D eigenvalue weighted by molar-refractivity contribution is 8.23. The number of rotatable bonds is 4. The van der Waals surface area contributed by atoms with Crippen LogP contribution in [0.2, 0.25) is 5.15 Å². The smallest absolute Gasteiger partial charge is 0.341 e. The van der Waals surface area contributed by atoms with Crippen LogP contribution in [0.4, 0.5) is 5.82 Å². The summed E-state index contributed by atoms with van der Waals surface area (Å²) in [4.78, 5) is 14.4. The molecule has 1 aliphatic rings. The van der Waals surface area contributed by atoms with Gasteiger partial charge in [0.15, 0.2) is 17.5 Å². The zero-order valence-corrected chi connectivity index (χ0v) is 12.1. The van der Waals surface area contributed by atoms with E-state index in [1.165, 1.54) is 20.7 Å². The van der Waals surface area contributed by atoms with Crippen molar-refractivity contribution in [3.8, 4) is 5.75 Å². The number of hydrogen-bond donors (Lipinski definition) is 3. The number of aliphatic carboxylic acids is 1. The van der Waals surface area contributed by atoms with Gasteiger partial charge in [-0.05, 0) is 23.1 Å². The maximum atomic E-state index is 10.4. The van der Waals surface area contributed by atoms with Crippen LogP contribution in [0.3, 0.4) is 0 Å². The number of halogens is 1. The van der Waals surface area contributed by atoms with Crippen molar-refractivity contribution in [2.45, 2.75) is 0 Å². The average molecular weight is 324 g/mol. The molecule has 8 nitrogen and oxygen atoms in total. The second kappa shape index (κ2) is 5.62. The summed E-state index contributed by atoms with van der Waals surface area (Å²) >= 11 is 5.90. The molecule has 0 aromatic carbocycles. The Hall–Kier alpha value is -1.26. The van der Waals surface area contributed by atoms with E-state index >= 15 is 0 Å². The van der Waals surface area contributed by atoms with Crippen molar-refractivity contribution in [1.29, 1.82) is 0 Å². The standard InChI is InChI=1S/C10H14ClN3O5S/c1-13-4-5-14(20(13,17)18)8-3-2-7(10(11)12-8)19-6-9(15)16/h2-3,17-18H,4-6H2,1H3,(H,15,16). The van der Waals surface area contributed by atoms with E-state index in [1.54, 1.807) is 7.05 Å². The lowest BCUT2D eigenvalue weighted by Crippen LogP contribution is -2.27. The minimum atomic E-state index is -3.06. The van der Waals surface area contributed by atoms with Crippen molar-refractivity contribution in [2.75, 3.05) is 31.0 Å². The molecule has 2 rings (SSSR count). The molecule has 0 radical (unpaired) electrons. The molecule has 3 N–H and O–H groups in total. The largest absolute Gasteiger partial charge is 0.479 e. The number of carboxylic acid groups (broad SMARTS) is 1. The highest BCUT2D eigenvalue weighted by Gasteiger charge is 2.35. The van der Waals surface area contributed by atoms with Gasteiger partial charge in [-0.3, -0.25) is 9.11 Å². The minimum absolute atomic E-state index is 0.0338. The van der Waals surface area contributed by atoms with Gasteiger partial charge in [0.05, 0.1) is 6.54 Å². The molecule has 1 saturated heterocycles. The summed E-state index contributed by atoms with van der Waals surface area (Å²) in [6.07, 6.45) is 0.